The molecule has 1 aliphatic rings. The Balaban J connectivity index is 1.64. The molecule has 1 fully saturated rings. The Morgan fingerprint density at radius 1 is 0.762 bits per heavy atom. The second-order valence-electron chi connectivity index (χ2n) is 12.6. The minimum atomic E-state index is -2.09. The molecule has 6 heteroatoms. The number of benzene rings is 3. The quantitative estimate of drug-likeness (QED) is 0.141. The molecular formula is C36H48O5Si. The summed E-state index contributed by atoms with van der Waals surface area (Å²) in [7, 11) is -2.09. The van der Waals surface area contributed by atoms with Crippen molar-refractivity contribution in [3.8, 4) is 0 Å². The second kappa shape index (κ2) is 14.7. The number of allylic oxidation sites excluding steroid dienone is 1. The molecule has 0 N–H and O–H groups in total. The van der Waals surface area contributed by atoms with Gasteiger partial charge in [0.1, 0.15) is 23.9 Å². The van der Waals surface area contributed by atoms with Crippen LogP contribution in [0.15, 0.2) is 103 Å². The summed E-state index contributed by atoms with van der Waals surface area (Å²) in [6.07, 6.45) is 3.01. The van der Waals surface area contributed by atoms with Crippen LogP contribution in [0, 0.1) is 0 Å². The monoisotopic (exact) mass is 588 g/mol. The molecule has 1 aliphatic heterocycles. The van der Waals surface area contributed by atoms with Gasteiger partial charge >= 0.3 is 0 Å². The predicted molar refractivity (Wildman–Crippen MR) is 172 cm³/mol. The highest BCUT2D eigenvalue weighted by Crippen LogP contribution is 2.42. The van der Waals surface area contributed by atoms with Gasteiger partial charge in [-0.05, 0) is 41.7 Å². The molecule has 1 heterocycles. The van der Waals surface area contributed by atoms with Gasteiger partial charge in [0.05, 0.1) is 33.0 Å². The lowest BCUT2D eigenvalue weighted by atomic mass is 9.94. The van der Waals surface area contributed by atoms with Crippen LogP contribution in [0.25, 0.3) is 0 Å². The van der Waals surface area contributed by atoms with Crippen molar-refractivity contribution in [1.82, 2.24) is 0 Å². The fourth-order valence-corrected chi connectivity index (χ4v) is 5.95. The smallest absolute Gasteiger partial charge is 0.192 e. The van der Waals surface area contributed by atoms with Crippen LogP contribution in [0.3, 0.4) is 0 Å². The molecule has 5 nitrogen and oxygen atoms in total. The third-order valence-corrected chi connectivity index (χ3v) is 12.9. The molecule has 3 aromatic rings. The average molecular weight is 589 g/mol. The highest BCUT2D eigenvalue weighted by molar-refractivity contribution is 6.74. The first-order chi connectivity index (χ1) is 20.1. The molecule has 0 bridgehead atoms. The van der Waals surface area contributed by atoms with Crippen LogP contribution in [-0.2, 0) is 43.2 Å². The molecule has 0 saturated carbocycles. The summed E-state index contributed by atoms with van der Waals surface area (Å²) in [5.74, 6) is 0. The summed E-state index contributed by atoms with van der Waals surface area (Å²) in [6.45, 7) is 15.5. The van der Waals surface area contributed by atoms with Crippen LogP contribution in [0.4, 0.5) is 0 Å². The van der Waals surface area contributed by atoms with E-state index in [4.69, 9.17) is 23.4 Å². The van der Waals surface area contributed by atoms with Gasteiger partial charge in [0, 0.05) is 0 Å². The van der Waals surface area contributed by atoms with Gasteiger partial charge in [0.15, 0.2) is 8.32 Å². The van der Waals surface area contributed by atoms with Crippen molar-refractivity contribution < 1.29 is 23.4 Å². The molecule has 0 amide bonds. The molecular weight excluding hydrogens is 540 g/mol. The van der Waals surface area contributed by atoms with Crippen molar-refractivity contribution in [3.05, 3.63) is 120 Å². The standard InChI is InChI=1S/C36H48O5Si/c1-7-23-36(28-40-42(5,6)35(2,3)4)34(39-26-31-21-15-10-16-22-31)33(38-25-30-19-13-9-14-20-30)32(41-36)27-37-24-29-17-11-8-12-18-29/h7-23,32-34H,24-28H2,1-6H3/b23-7+/t32-,33-,34+,36+/m1/s1. The summed E-state index contributed by atoms with van der Waals surface area (Å²) in [4.78, 5) is 0. The molecule has 1 saturated heterocycles. The van der Waals surface area contributed by atoms with Crippen molar-refractivity contribution in [1.29, 1.82) is 0 Å². The lowest BCUT2D eigenvalue weighted by Gasteiger charge is -2.40. The van der Waals surface area contributed by atoms with E-state index < -0.39 is 20.0 Å². The number of ether oxygens (including phenoxy) is 4. The van der Waals surface area contributed by atoms with E-state index >= 15 is 0 Å². The van der Waals surface area contributed by atoms with Crippen LogP contribution in [-0.4, -0.2) is 45.4 Å². The summed E-state index contributed by atoms with van der Waals surface area (Å²) < 4.78 is 33.5. The molecule has 3 aromatic carbocycles. The molecule has 42 heavy (non-hydrogen) atoms. The van der Waals surface area contributed by atoms with Gasteiger partial charge < -0.3 is 23.4 Å². The molecule has 4 atom stereocenters. The Labute approximate surface area is 253 Å². The average Bonchev–Trinajstić information content (AvgIpc) is 3.27. The van der Waals surface area contributed by atoms with E-state index in [1.165, 1.54) is 0 Å². The minimum absolute atomic E-state index is 0.0600. The Morgan fingerprint density at radius 3 is 1.76 bits per heavy atom. The normalized spacial score (nSPS) is 23.0. The minimum Gasteiger partial charge on any atom is -0.413 e. The maximum atomic E-state index is 6.97. The number of rotatable bonds is 14. The SMILES string of the molecule is C/C=C/[C@@]1(CO[Si](C)(C)C(C)(C)C)O[C@H](COCc2ccccc2)[C@@H](OCc2ccccc2)[C@@H]1OCc1ccccc1. The van der Waals surface area contributed by atoms with Crippen molar-refractivity contribution in [3.63, 3.8) is 0 Å². The highest BCUT2D eigenvalue weighted by atomic mass is 28.4. The van der Waals surface area contributed by atoms with Crippen LogP contribution in [0.1, 0.15) is 44.4 Å². The van der Waals surface area contributed by atoms with E-state index in [1.54, 1.807) is 0 Å². The van der Waals surface area contributed by atoms with E-state index in [0.29, 0.717) is 33.0 Å². The van der Waals surface area contributed by atoms with Crippen molar-refractivity contribution in [2.24, 2.45) is 0 Å². The largest absolute Gasteiger partial charge is 0.413 e. The third kappa shape index (κ3) is 8.50. The summed E-state index contributed by atoms with van der Waals surface area (Å²) in [5, 5.41) is 0.0600. The van der Waals surface area contributed by atoms with Crippen LogP contribution in [0.2, 0.25) is 18.1 Å². The maximum Gasteiger partial charge on any atom is 0.192 e. The van der Waals surface area contributed by atoms with E-state index in [1.807, 2.05) is 67.6 Å². The zero-order valence-corrected chi connectivity index (χ0v) is 27.1. The Kier molecular flexibility index (Phi) is 11.3. The first-order valence-electron chi connectivity index (χ1n) is 15.0. The summed E-state index contributed by atoms with van der Waals surface area (Å²) in [5.41, 5.74) is 2.49. The fourth-order valence-electron chi connectivity index (χ4n) is 4.93. The van der Waals surface area contributed by atoms with Crippen LogP contribution in [0.5, 0.6) is 0 Å². The Hall–Kier alpha value is -2.58. The van der Waals surface area contributed by atoms with Gasteiger partial charge in [-0.2, -0.15) is 0 Å². The summed E-state index contributed by atoms with van der Waals surface area (Å²) >= 11 is 0. The Morgan fingerprint density at radius 2 is 1.26 bits per heavy atom. The molecule has 226 valence electrons. The van der Waals surface area contributed by atoms with E-state index in [-0.39, 0.29) is 17.2 Å². The predicted octanol–water partition coefficient (Wildman–Crippen LogP) is 8.11. The molecule has 0 spiro atoms. The van der Waals surface area contributed by atoms with Crippen LogP contribution >= 0.6 is 0 Å². The molecule has 0 unspecified atom stereocenters. The van der Waals surface area contributed by atoms with Gasteiger partial charge in [-0.1, -0.05) is 124 Å². The maximum absolute atomic E-state index is 6.97. The third-order valence-electron chi connectivity index (χ3n) is 8.38. The second-order valence-corrected chi connectivity index (χ2v) is 17.4. The van der Waals surface area contributed by atoms with Gasteiger partial charge in [0.25, 0.3) is 0 Å². The molecule has 4 rings (SSSR count). The van der Waals surface area contributed by atoms with Gasteiger partial charge in [-0.3, -0.25) is 0 Å². The summed E-state index contributed by atoms with van der Waals surface area (Å²) in [6, 6.07) is 30.7. The number of hydrogen-bond donors (Lipinski definition) is 0. The van der Waals surface area contributed by atoms with Gasteiger partial charge in [-0.15, -0.1) is 0 Å². The fraction of sp³-hybridized carbons (Fsp3) is 0.444. The first kappa shape index (κ1) is 32.3. The van der Waals surface area contributed by atoms with Gasteiger partial charge in [0.2, 0.25) is 0 Å². The molecule has 0 aliphatic carbocycles. The molecule has 0 radical (unpaired) electrons. The van der Waals surface area contributed by atoms with Crippen molar-refractivity contribution >= 4 is 8.32 Å². The zero-order valence-electron chi connectivity index (χ0n) is 26.1. The first-order valence-corrected chi connectivity index (χ1v) is 17.9. The van der Waals surface area contributed by atoms with E-state index in [2.05, 4.69) is 76.3 Å². The van der Waals surface area contributed by atoms with E-state index in [9.17, 15) is 0 Å². The van der Waals surface area contributed by atoms with Crippen molar-refractivity contribution in [2.45, 2.75) is 89.6 Å². The lowest BCUT2D eigenvalue weighted by molar-refractivity contribution is -0.112. The highest BCUT2D eigenvalue weighted by Gasteiger charge is 2.56. The number of hydrogen-bond acceptors (Lipinski definition) is 5. The molecule has 0 aromatic heterocycles. The lowest BCUT2D eigenvalue weighted by Crippen LogP contribution is -2.52. The van der Waals surface area contributed by atoms with Crippen molar-refractivity contribution in [2.75, 3.05) is 13.2 Å². The van der Waals surface area contributed by atoms with E-state index in [0.717, 1.165) is 16.7 Å². The van der Waals surface area contributed by atoms with Crippen LogP contribution < -0.4 is 0 Å². The topological polar surface area (TPSA) is 46.2 Å². The zero-order chi connectivity index (χ0) is 30.1. The van der Waals surface area contributed by atoms with Gasteiger partial charge in [-0.25, -0.2) is 0 Å². The Bertz CT molecular complexity index is 1230.